The highest BCUT2D eigenvalue weighted by Crippen LogP contribution is 2.20. The van der Waals surface area contributed by atoms with Gasteiger partial charge in [-0.25, -0.2) is 9.59 Å². The first kappa shape index (κ1) is 21.5. The molecule has 9 nitrogen and oxygen atoms in total. The lowest BCUT2D eigenvalue weighted by Crippen LogP contribution is -2.45. The number of hydrogen-bond acceptors (Lipinski definition) is 7. The van der Waals surface area contributed by atoms with E-state index < -0.39 is 36.0 Å². The Hall–Kier alpha value is -2.58. The quantitative estimate of drug-likeness (QED) is 0.438. The van der Waals surface area contributed by atoms with Gasteiger partial charge in [0.05, 0.1) is 25.8 Å². The van der Waals surface area contributed by atoms with Gasteiger partial charge in [-0.3, -0.25) is 9.59 Å². The maximum Gasteiger partial charge on any atom is 0.410 e. The minimum atomic E-state index is -0.708. The van der Waals surface area contributed by atoms with Gasteiger partial charge in [0.15, 0.2) is 0 Å². The highest BCUT2D eigenvalue weighted by atomic mass is 16.6. The van der Waals surface area contributed by atoms with Crippen molar-refractivity contribution in [3.8, 4) is 0 Å². The van der Waals surface area contributed by atoms with E-state index in [4.69, 9.17) is 9.47 Å². The van der Waals surface area contributed by atoms with E-state index in [0.717, 1.165) is 0 Å². The smallest absolute Gasteiger partial charge is 0.410 e. The number of nitrogens with zero attached hydrogens (tertiary/aromatic N) is 1. The van der Waals surface area contributed by atoms with Crippen LogP contribution < -0.4 is 5.32 Å². The number of esters is 2. The van der Waals surface area contributed by atoms with Crippen LogP contribution >= 0.6 is 0 Å². The Labute approximate surface area is 152 Å². The minimum Gasteiger partial charge on any atom is -0.469 e. The largest absolute Gasteiger partial charge is 0.469 e. The molecule has 0 spiro atoms. The average Bonchev–Trinajstić information content (AvgIpc) is 2.53. The van der Waals surface area contributed by atoms with Crippen LogP contribution in [-0.4, -0.2) is 61.2 Å². The number of hydrogen-bond donors (Lipinski definition) is 1. The summed E-state index contributed by atoms with van der Waals surface area (Å²) in [5.74, 6) is -1.91. The molecule has 1 heterocycles. The molecule has 0 saturated carbocycles. The molecule has 0 fully saturated rings. The van der Waals surface area contributed by atoms with Crippen molar-refractivity contribution in [2.75, 3.05) is 26.8 Å². The highest BCUT2D eigenvalue weighted by Gasteiger charge is 2.31. The van der Waals surface area contributed by atoms with E-state index in [-0.39, 0.29) is 37.4 Å². The summed E-state index contributed by atoms with van der Waals surface area (Å²) in [6.07, 6.45) is -0.853. The van der Waals surface area contributed by atoms with Crippen molar-refractivity contribution in [2.45, 2.75) is 46.1 Å². The van der Waals surface area contributed by atoms with Gasteiger partial charge in [-0.15, -0.1) is 0 Å². The van der Waals surface area contributed by atoms with Crippen molar-refractivity contribution in [1.82, 2.24) is 10.2 Å². The van der Waals surface area contributed by atoms with E-state index in [1.54, 1.807) is 27.7 Å². The van der Waals surface area contributed by atoms with Gasteiger partial charge >= 0.3 is 18.0 Å². The summed E-state index contributed by atoms with van der Waals surface area (Å²) in [7, 11) is 1.17. The van der Waals surface area contributed by atoms with Crippen LogP contribution in [0.1, 0.15) is 40.5 Å². The van der Waals surface area contributed by atoms with Crippen LogP contribution in [0.3, 0.4) is 0 Å². The number of methoxy groups -OCH3 is 1. The van der Waals surface area contributed by atoms with Crippen LogP contribution in [-0.2, 0) is 28.6 Å². The molecule has 1 aliphatic rings. The Bertz CT molecular complexity index is 605. The van der Waals surface area contributed by atoms with Crippen molar-refractivity contribution in [2.24, 2.45) is 0 Å². The summed E-state index contributed by atoms with van der Waals surface area (Å²) in [4.78, 5) is 49.0. The molecule has 0 atom stereocenters. The summed E-state index contributed by atoms with van der Waals surface area (Å²) >= 11 is 0. The second-order valence-corrected chi connectivity index (χ2v) is 6.63. The van der Waals surface area contributed by atoms with Crippen molar-refractivity contribution in [3.05, 3.63) is 11.3 Å². The fourth-order valence-electron chi connectivity index (χ4n) is 2.22. The number of carbonyl (C=O) groups is 4. The van der Waals surface area contributed by atoms with Crippen LogP contribution in [0.4, 0.5) is 4.79 Å². The van der Waals surface area contributed by atoms with Crippen LogP contribution in [0.5, 0.6) is 0 Å². The zero-order valence-electron chi connectivity index (χ0n) is 15.8. The molecular formula is C17H26N2O7. The van der Waals surface area contributed by atoms with Gasteiger partial charge in [-0.05, 0) is 34.1 Å². The Kier molecular flexibility index (Phi) is 7.60. The molecule has 0 aliphatic carbocycles. The monoisotopic (exact) mass is 370 g/mol. The van der Waals surface area contributed by atoms with Crippen LogP contribution in [0.2, 0.25) is 0 Å². The minimum absolute atomic E-state index is 0.0318. The van der Waals surface area contributed by atoms with E-state index in [9.17, 15) is 19.2 Å². The summed E-state index contributed by atoms with van der Waals surface area (Å²) in [6.45, 7) is 7.30. The van der Waals surface area contributed by atoms with Gasteiger partial charge in [-0.1, -0.05) is 0 Å². The van der Waals surface area contributed by atoms with Gasteiger partial charge in [0.1, 0.15) is 12.0 Å². The Balaban J connectivity index is 2.96. The van der Waals surface area contributed by atoms with Crippen molar-refractivity contribution in [1.29, 1.82) is 0 Å². The summed E-state index contributed by atoms with van der Waals surface area (Å²) in [5, 5.41) is 2.51. The fraction of sp³-hybridized carbons (Fsp3) is 0.647. The molecule has 0 unspecified atom stereocenters. The molecule has 1 rings (SSSR count). The third-order valence-corrected chi connectivity index (χ3v) is 3.34. The Morgan fingerprint density at radius 1 is 1.19 bits per heavy atom. The number of nitrogens with one attached hydrogen (secondary N) is 1. The molecule has 2 amide bonds. The summed E-state index contributed by atoms with van der Waals surface area (Å²) in [6, 6.07) is 0. The molecule has 0 aromatic heterocycles. The van der Waals surface area contributed by atoms with E-state index in [1.807, 2.05) is 0 Å². The first-order valence-corrected chi connectivity index (χ1v) is 8.31. The fourth-order valence-corrected chi connectivity index (χ4v) is 2.22. The molecular weight excluding hydrogens is 344 g/mol. The third kappa shape index (κ3) is 6.73. The summed E-state index contributed by atoms with van der Waals surface area (Å²) in [5.41, 5.74) is -0.185. The molecule has 0 aromatic carbocycles. The maximum absolute atomic E-state index is 12.2. The Morgan fingerprint density at radius 2 is 1.85 bits per heavy atom. The lowest BCUT2D eigenvalue weighted by atomic mass is 10.1. The predicted molar refractivity (Wildman–Crippen MR) is 90.9 cm³/mol. The molecule has 1 aliphatic heterocycles. The highest BCUT2D eigenvalue weighted by molar-refractivity contribution is 5.96. The lowest BCUT2D eigenvalue weighted by Gasteiger charge is -2.32. The van der Waals surface area contributed by atoms with Gasteiger partial charge in [-0.2, -0.15) is 0 Å². The van der Waals surface area contributed by atoms with Crippen LogP contribution in [0, 0.1) is 0 Å². The van der Waals surface area contributed by atoms with Crippen molar-refractivity contribution < 1.29 is 33.4 Å². The average molecular weight is 370 g/mol. The van der Waals surface area contributed by atoms with Gasteiger partial charge in [0.2, 0.25) is 5.91 Å². The molecule has 9 heteroatoms. The number of amides is 2. The second kappa shape index (κ2) is 9.21. The maximum atomic E-state index is 12.2. The first-order valence-electron chi connectivity index (χ1n) is 8.31. The molecule has 0 aromatic rings. The molecule has 0 bridgehead atoms. The standard InChI is InChI=1S/C17H26N2O7/c1-6-25-15(22)11-7-8-19(16(23)26-17(2,3)4)10-12(11)18-13(20)9-14(21)24-5/h6-10H2,1-5H3,(H,18,20). The van der Waals surface area contributed by atoms with Gasteiger partial charge in [0.25, 0.3) is 0 Å². The van der Waals surface area contributed by atoms with E-state index >= 15 is 0 Å². The number of rotatable bonds is 5. The molecule has 1 N–H and O–H groups in total. The number of ether oxygens (including phenoxy) is 3. The predicted octanol–water partition coefficient (Wildman–Crippen LogP) is 1.12. The second-order valence-electron chi connectivity index (χ2n) is 6.63. The Morgan fingerprint density at radius 3 is 2.38 bits per heavy atom. The van der Waals surface area contributed by atoms with E-state index in [0.29, 0.717) is 0 Å². The first-order chi connectivity index (χ1) is 12.1. The molecule has 26 heavy (non-hydrogen) atoms. The van der Waals surface area contributed by atoms with E-state index in [1.165, 1.54) is 12.0 Å². The molecule has 146 valence electrons. The van der Waals surface area contributed by atoms with Crippen LogP contribution in [0.15, 0.2) is 11.3 Å². The normalized spacial score (nSPS) is 14.6. The molecule has 0 radical (unpaired) electrons. The van der Waals surface area contributed by atoms with Gasteiger partial charge in [0, 0.05) is 12.2 Å². The van der Waals surface area contributed by atoms with Crippen molar-refractivity contribution in [3.63, 3.8) is 0 Å². The van der Waals surface area contributed by atoms with Gasteiger partial charge < -0.3 is 24.4 Å². The SMILES string of the molecule is CCOC(=O)C1=C(NC(=O)CC(=O)OC)CN(C(=O)OC(C)(C)C)CC1. The number of carbonyl (C=O) groups excluding carboxylic acids is 4. The molecule has 0 saturated heterocycles. The van der Waals surface area contributed by atoms with E-state index in [2.05, 4.69) is 10.1 Å². The van der Waals surface area contributed by atoms with Crippen molar-refractivity contribution >= 4 is 23.9 Å². The zero-order valence-corrected chi connectivity index (χ0v) is 15.8. The third-order valence-electron chi connectivity index (χ3n) is 3.34. The lowest BCUT2D eigenvalue weighted by molar-refractivity contribution is -0.143. The topological polar surface area (TPSA) is 111 Å². The van der Waals surface area contributed by atoms with Crippen LogP contribution in [0.25, 0.3) is 0 Å². The summed E-state index contributed by atoms with van der Waals surface area (Å²) < 4.78 is 14.8. The zero-order chi connectivity index (χ0) is 19.9.